The van der Waals surface area contributed by atoms with Crippen LogP contribution in [-0.4, -0.2) is 38.3 Å². The molecule has 3 aromatic carbocycles. The lowest BCUT2D eigenvalue weighted by molar-refractivity contribution is 0.0986. The molecule has 0 aliphatic rings. The normalized spacial score (nSPS) is 11.3. The van der Waals surface area contributed by atoms with Crippen molar-refractivity contribution in [1.82, 2.24) is 19.9 Å². The molecule has 0 unspecified atom stereocenters. The molecule has 0 bridgehead atoms. The van der Waals surface area contributed by atoms with Gasteiger partial charge in [0, 0.05) is 17.7 Å². The Labute approximate surface area is 234 Å². The quantitative estimate of drug-likeness (QED) is 0.154. The summed E-state index contributed by atoms with van der Waals surface area (Å²) in [5.41, 5.74) is 5.48. The van der Waals surface area contributed by atoms with E-state index in [-0.39, 0.29) is 11.8 Å². The predicted octanol–water partition coefficient (Wildman–Crippen LogP) is 7.32. The zero-order valence-corrected chi connectivity index (χ0v) is 23.4. The Morgan fingerprint density at radius 1 is 0.775 bits per heavy atom. The van der Waals surface area contributed by atoms with Crippen LogP contribution in [0, 0.1) is 13.8 Å². The summed E-state index contributed by atoms with van der Waals surface area (Å²) in [6, 6.07) is 18.4. The number of aryl methyl sites for hydroxylation is 2. The molecule has 0 fully saturated rings. The average Bonchev–Trinajstić information content (AvgIpc) is 3.54. The molecule has 2 heterocycles. The topological polar surface area (TPSA) is 107 Å². The number of nitrogens with one attached hydrogen (secondary N) is 3. The molecule has 0 atom stereocenters. The molecule has 0 aliphatic carbocycles. The number of fused-ring (bicyclic) bond motifs is 2. The van der Waals surface area contributed by atoms with Crippen LogP contribution in [0.5, 0.6) is 0 Å². The maximum absolute atomic E-state index is 14.0. The SMILES string of the molecule is CCCCCCCCN(C(=O)c1cccc(C(=O)Nc2cccc3[nH]c(C)nc23)c1)c1cccc2[nH]c(C)nc12. The van der Waals surface area contributed by atoms with Crippen molar-refractivity contribution < 1.29 is 9.59 Å². The van der Waals surface area contributed by atoms with Gasteiger partial charge in [-0.2, -0.15) is 0 Å². The van der Waals surface area contributed by atoms with E-state index in [1.165, 1.54) is 19.3 Å². The summed E-state index contributed by atoms with van der Waals surface area (Å²) in [6.45, 7) is 6.58. The third-order valence-electron chi connectivity index (χ3n) is 7.13. The molecule has 8 nitrogen and oxygen atoms in total. The van der Waals surface area contributed by atoms with Crippen LogP contribution < -0.4 is 10.2 Å². The zero-order chi connectivity index (χ0) is 28.1. The third kappa shape index (κ3) is 5.91. The summed E-state index contributed by atoms with van der Waals surface area (Å²) in [4.78, 5) is 44.7. The highest BCUT2D eigenvalue weighted by Gasteiger charge is 2.22. The first-order chi connectivity index (χ1) is 19.4. The third-order valence-corrected chi connectivity index (χ3v) is 7.13. The number of benzene rings is 3. The number of amides is 2. The molecule has 5 aromatic rings. The number of H-pyrrole nitrogens is 2. The maximum atomic E-state index is 14.0. The number of imidazole rings is 2. The Morgan fingerprint density at radius 3 is 2.17 bits per heavy atom. The van der Waals surface area contributed by atoms with Crippen LogP contribution in [-0.2, 0) is 0 Å². The largest absolute Gasteiger partial charge is 0.342 e. The molecular formula is C32H36N6O2. The molecule has 206 valence electrons. The van der Waals surface area contributed by atoms with Gasteiger partial charge in [0.1, 0.15) is 22.7 Å². The average molecular weight is 537 g/mol. The summed E-state index contributed by atoms with van der Waals surface area (Å²) >= 11 is 0. The van der Waals surface area contributed by atoms with Crippen LogP contribution in [0.4, 0.5) is 11.4 Å². The fourth-order valence-electron chi connectivity index (χ4n) is 5.14. The Balaban J connectivity index is 1.40. The summed E-state index contributed by atoms with van der Waals surface area (Å²) in [7, 11) is 0. The molecular weight excluding hydrogens is 500 g/mol. The molecule has 0 saturated carbocycles. The Kier molecular flexibility index (Phi) is 8.24. The predicted molar refractivity (Wildman–Crippen MR) is 161 cm³/mol. The lowest BCUT2D eigenvalue weighted by Gasteiger charge is -2.24. The Bertz CT molecular complexity index is 1650. The van der Waals surface area contributed by atoms with Crippen LogP contribution >= 0.6 is 0 Å². The summed E-state index contributed by atoms with van der Waals surface area (Å²) in [6.07, 6.45) is 6.74. The molecule has 0 saturated heterocycles. The van der Waals surface area contributed by atoms with Gasteiger partial charge in [-0.05, 0) is 62.7 Å². The van der Waals surface area contributed by atoms with Gasteiger partial charge in [-0.25, -0.2) is 9.97 Å². The molecule has 0 aliphatic heterocycles. The fraction of sp³-hybridized carbons (Fsp3) is 0.312. The Morgan fingerprint density at radius 2 is 1.40 bits per heavy atom. The number of unbranched alkanes of at least 4 members (excludes halogenated alkanes) is 5. The number of aromatic amines is 2. The Hall–Kier alpha value is -4.46. The highest BCUT2D eigenvalue weighted by molar-refractivity contribution is 6.12. The van der Waals surface area contributed by atoms with Crippen molar-refractivity contribution in [2.24, 2.45) is 0 Å². The first-order valence-corrected chi connectivity index (χ1v) is 14.1. The van der Waals surface area contributed by atoms with Crippen LogP contribution in [0.3, 0.4) is 0 Å². The van der Waals surface area contributed by atoms with E-state index in [1.807, 2.05) is 55.1 Å². The second kappa shape index (κ2) is 12.2. The molecule has 3 N–H and O–H groups in total. The minimum Gasteiger partial charge on any atom is -0.342 e. The number of anilines is 2. The number of rotatable bonds is 11. The highest BCUT2D eigenvalue weighted by atomic mass is 16.2. The van der Waals surface area contributed by atoms with Crippen molar-refractivity contribution >= 4 is 45.3 Å². The van der Waals surface area contributed by atoms with Gasteiger partial charge in [-0.15, -0.1) is 0 Å². The molecule has 5 rings (SSSR count). The lowest BCUT2D eigenvalue weighted by atomic mass is 10.1. The van der Waals surface area contributed by atoms with Gasteiger partial charge in [0.05, 0.1) is 22.4 Å². The van der Waals surface area contributed by atoms with Crippen molar-refractivity contribution in [3.8, 4) is 0 Å². The molecule has 2 aromatic heterocycles. The van der Waals surface area contributed by atoms with E-state index in [1.54, 1.807) is 24.3 Å². The van der Waals surface area contributed by atoms with Crippen LogP contribution in [0.15, 0.2) is 60.7 Å². The molecule has 0 spiro atoms. The smallest absolute Gasteiger partial charge is 0.258 e. The number of aromatic nitrogens is 4. The standard InChI is InChI=1S/C32H36N6O2/c1-4-5-6-7-8-9-19-38(28-18-12-17-27-30(28)36-22(3)34-27)32(40)24-14-10-13-23(20-24)31(39)37-26-16-11-15-25-29(26)35-21(2)33-25/h10-18,20H,4-9,19H2,1-3H3,(H,33,35)(H,34,36)(H,37,39). The van der Waals surface area contributed by atoms with Crippen molar-refractivity contribution in [3.05, 3.63) is 83.4 Å². The van der Waals surface area contributed by atoms with Crippen molar-refractivity contribution in [1.29, 1.82) is 0 Å². The van der Waals surface area contributed by atoms with E-state index >= 15 is 0 Å². The van der Waals surface area contributed by atoms with Gasteiger partial charge in [0.2, 0.25) is 0 Å². The van der Waals surface area contributed by atoms with E-state index in [4.69, 9.17) is 0 Å². The molecule has 0 radical (unpaired) electrons. The van der Waals surface area contributed by atoms with Crippen molar-refractivity contribution in [2.45, 2.75) is 59.3 Å². The van der Waals surface area contributed by atoms with E-state index < -0.39 is 0 Å². The number of hydrogen-bond donors (Lipinski definition) is 3. The van der Waals surface area contributed by atoms with Gasteiger partial charge in [-0.1, -0.05) is 57.2 Å². The summed E-state index contributed by atoms with van der Waals surface area (Å²) in [5.74, 6) is 1.13. The van der Waals surface area contributed by atoms with Crippen molar-refractivity contribution in [2.75, 3.05) is 16.8 Å². The van der Waals surface area contributed by atoms with Gasteiger partial charge < -0.3 is 20.2 Å². The number of nitrogens with zero attached hydrogens (tertiary/aromatic N) is 3. The first-order valence-electron chi connectivity index (χ1n) is 14.1. The minimum absolute atomic E-state index is 0.151. The first kappa shape index (κ1) is 27.1. The number of para-hydroxylation sites is 2. The van der Waals surface area contributed by atoms with Crippen molar-refractivity contribution in [3.63, 3.8) is 0 Å². The summed E-state index contributed by atoms with van der Waals surface area (Å²) in [5, 5.41) is 2.97. The van der Waals surface area contributed by atoms with E-state index in [0.29, 0.717) is 28.9 Å². The number of carbonyl (C=O) groups is 2. The van der Waals surface area contributed by atoms with E-state index in [2.05, 4.69) is 32.2 Å². The second-order valence-corrected chi connectivity index (χ2v) is 10.3. The fourth-order valence-corrected chi connectivity index (χ4v) is 5.14. The molecule has 2 amide bonds. The lowest BCUT2D eigenvalue weighted by Crippen LogP contribution is -2.32. The van der Waals surface area contributed by atoms with Crippen LogP contribution in [0.1, 0.15) is 77.8 Å². The number of hydrogen-bond acceptors (Lipinski definition) is 4. The monoisotopic (exact) mass is 536 g/mol. The second-order valence-electron chi connectivity index (χ2n) is 10.3. The van der Waals surface area contributed by atoms with Crippen LogP contribution in [0.2, 0.25) is 0 Å². The highest BCUT2D eigenvalue weighted by Crippen LogP contribution is 2.28. The molecule has 8 heteroatoms. The molecule has 40 heavy (non-hydrogen) atoms. The van der Waals surface area contributed by atoms with E-state index in [9.17, 15) is 9.59 Å². The maximum Gasteiger partial charge on any atom is 0.258 e. The van der Waals surface area contributed by atoms with E-state index in [0.717, 1.165) is 53.1 Å². The zero-order valence-electron chi connectivity index (χ0n) is 23.4. The minimum atomic E-state index is -0.296. The summed E-state index contributed by atoms with van der Waals surface area (Å²) < 4.78 is 0. The van der Waals surface area contributed by atoms with Crippen LogP contribution in [0.25, 0.3) is 22.1 Å². The van der Waals surface area contributed by atoms with Gasteiger partial charge in [-0.3, -0.25) is 9.59 Å². The van der Waals surface area contributed by atoms with Gasteiger partial charge in [0.25, 0.3) is 11.8 Å². The van der Waals surface area contributed by atoms with Gasteiger partial charge >= 0.3 is 0 Å². The van der Waals surface area contributed by atoms with Gasteiger partial charge in [0.15, 0.2) is 0 Å². The number of carbonyl (C=O) groups excluding carboxylic acids is 2.